The minimum atomic E-state index is 0.785. The predicted molar refractivity (Wildman–Crippen MR) is 78.9 cm³/mol. The molecule has 106 valence electrons. The van der Waals surface area contributed by atoms with E-state index < -0.39 is 0 Å². The number of rotatable bonds is 8. The van der Waals surface area contributed by atoms with Gasteiger partial charge < -0.3 is 10.2 Å². The summed E-state index contributed by atoms with van der Waals surface area (Å²) in [4.78, 5) is 2.72. The zero-order valence-electron chi connectivity index (χ0n) is 12.5. The van der Waals surface area contributed by atoms with Crippen molar-refractivity contribution in [3.8, 4) is 0 Å². The highest BCUT2D eigenvalue weighted by atomic mass is 15.2. The SMILES string of the molecule is CCCNC(CN1CCC(CCC)CC1)C1CC1. The Balaban J connectivity index is 1.68. The lowest BCUT2D eigenvalue weighted by Crippen LogP contribution is -2.45. The second-order valence-corrected chi connectivity index (χ2v) is 6.43. The second-order valence-electron chi connectivity index (χ2n) is 6.43. The van der Waals surface area contributed by atoms with Crippen LogP contribution in [-0.2, 0) is 0 Å². The van der Waals surface area contributed by atoms with Crippen molar-refractivity contribution >= 4 is 0 Å². The van der Waals surface area contributed by atoms with Gasteiger partial charge >= 0.3 is 0 Å². The van der Waals surface area contributed by atoms with E-state index in [9.17, 15) is 0 Å². The molecule has 0 radical (unpaired) electrons. The van der Waals surface area contributed by atoms with E-state index in [0.29, 0.717) is 0 Å². The van der Waals surface area contributed by atoms with E-state index in [4.69, 9.17) is 0 Å². The first-order valence-electron chi connectivity index (χ1n) is 8.29. The lowest BCUT2D eigenvalue weighted by atomic mass is 9.92. The first-order valence-corrected chi connectivity index (χ1v) is 8.29. The van der Waals surface area contributed by atoms with Crippen molar-refractivity contribution in [2.75, 3.05) is 26.2 Å². The van der Waals surface area contributed by atoms with Gasteiger partial charge in [-0.2, -0.15) is 0 Å². The normalized spacial score (nSPS) is 24.3. The Morgan fingerprint density at radius 3 is 2.33 bits per heavy atom. The van der Waals surface area contributed by atoms with Gasteiger partial charge in [0, 0.05) is 12.6 Å². The van der Waals surface area contributed by atoms with Gasteiger partial charge in [0.2, 0.25) is 0 Å². The smallest absolute Gasteiger partial charge is 0.0223 e. The first-order chi connectivity index (χ1) is 8.83. The Morgan fingerprint density at radius 2 is 1.78 bits per heavy atom. The number of nitrogens with one attached hydrogen (secondary N) is 1. The van der Waals surface area contributed by atoms with Crippen LogP contribution in [0, 0.1) is 11.8 Å². The molecular formula is C16H32N2. The molecule has 2 nitrogen and oxygen atoms in total. The largest absolute Gasteiger partial charge is 0.312 e. The molecule has 1 aliphatic carbocycles. The van der Waals surface area contributed by atoms with Crippen LogP contribution in [0.2, 0.25) is 0 Å². The third-order valence-electron chi connectivity index (χ3n) is 4.71. The van der Waals surface area contributed by atoms with Gasteiger partial charge in [0.1, 0.15) is 0 Å². The number of hydrogen-bond donors (Lipinski definition) is 1. The zero-order valence-corrected chi connectivity index (χ0v) is 12.5. The third-order valence-corrected chi connectivity index (χ3v) is 4.71. The van der Waals surface area contributed by atoms with Crippen LogP contribution < -0.4 is 5.32 Å². The minimum Gasteiger partial charge on any atom is -0.312 e. The molecular weight excluding hydrogens is 220 g/mol. The number of hydrogen-bond acceptors (Lipinski definition) is 2. The molecule has 0 aromatic rings. The van der Waals surface area contributed by atoms with Crippen LogP contribution in [0.15, 0.2) is 0 Å². The molecule has 1 saturated heterocycles. The van der Waals surface area contributed by atoms with E-state index >= 15 is 0 Å². The van der Waals surface area contributed by atoms with Crippen molar-refractivity contribution in [3.63, 3.8) is 0 Å². The van der Waals surface area contributed by atoms with Gasteiger partial charge in [0.15, 0.2) is 0 Å². The Labute approximate surface area is 114 Å². The molecule has 0 amide bonds. The van der Waals surface area contributed by atoms with Crippen LogP contribution in [0.1, 0.15) is 58.8 Å². The van der Waals surface area contributed by atoms with Gasteiger partial charge in [-0.1, -0.05) is 26.7 Å². The standard InChI is InChI=1S/C16H32N2/c1-3-5-14-8-11-18(12-9-14)13-16(15-6-7-15)17-10-4-2/h14-17H,3-13H2,1-2H3. The molecule has 0 bridgehead atoms. The van der Waals surface area contributed by atoms with E-state index in [-0.39, 0.29) is 0 Å². The topological polar surface area (TPSA) is 15.3 Å². The third kappa shape index (κ3) is 4.55. The second kappa shape index (κ2) is 7.49. The summed E-state index contributed by atoms with van der Waals surface area (Å²) in [6, 6.07) is 0.785. The van der Waals surface area contributed by atoms with Gasteiger partial charge in [0.05, 0.1) is 0 Å². The molecule has 2 aliphatic rings. The summed E-state index contributed by atoms with van der Waals surface area (Å²) >= 11 is 0. The molecule has 1 aliphatic heterocycles. The molecule has 1 heterocycles. The number of nitrogens with zero attached hydrogens (tertiary/aromatic N) is 1. The Bertz CT molecular complexity index is 217. The first kappa shape index (κ1) is 14.3. The summed E-state index contributed by atoms with van der Waals surface area (Å²) in [5.41, 5.74) is 0. The lowest BCUT2D eigenvalue weighted by molar-refractivity contribution is 0.158. The summed E-state index contributed by atoms with van der Waals surface area (Å²) < 4.78 is 0. The van der Waals surface area contributed by atoms with Crippen molar-refractivity contribution in [2.24, 2.45) is 11.8 Å². The van der Waals surface area contributed by atoms with E-state index in [1.807, 2.05) is 0 Å². The number of likely N-dealkylation sites (tertiary alicyclic amines) is 1. The molecule has 0 aromatic heterocycles. The molecule has 1 saturated carbocycles. The fourth-order valence-corrected chi connectivity index (χ4v) is 3.35. The highest BCUT2D eigenvalue weighted by molar-refractivity contribution is 4.89. The summed E-state index contributed by atoms with van der Waals surface area (Å²) in [7, 11) is 0. The van der Waals surface area contributed by atoms with Gasteiger partial charge in [-0.25, -0.2) is 0 Å². The average Bonchev–Trinajstić information content (AvgIpc) is 3.21. The monoisotopic (exact) mass is 252 g/mol. The maximum atomic E-state index is 3.77. The highest BCUT2D eigenvalue weighted by Crippen LogP contribution is 2.33. The molecule has 1 unspecified atom stereocenters. The maximum Gasteiger partial charge on any atom is 0.0223 e. The van der Waals surface area contributed by atoms with E-state index in [1.54, 1.807) is 0 Å². The molecule has 0 spiro atoms. The lowest BCUT2D eigenvalue weighted by Gasteiger charge is -2.34. The van der Waals surface area contributed by atoms with Crippen molar-refractivity contribution in [1.82, 2.24) is 10.2 Å². The van der Waals surface area contributed by atoms with E-state index in [2.05, 4.69) is 24.1 Å². The Morgan fingerprint density at radius 1 is 1.06 bits per heavy atom. The Hall–Kier alpha value is -0.0800. The fraction of sp³-hybridized carbons (Fsp3) is 1.00. The van der Waals surface area contributed by atoms with E-state index in [1.165, 1.54) is 71.1 Å². The van der Waals surface area contributed by atoms with Crippen molar-refractivity contribution in [1.29, 1.82) is 0 Å². The molecule has 2 heteroatoms. The Kier molecular flexibility index (Phi) is 5.97. The van der Waals surface area contributed by atoms with Crippen molar-refractivity contribution in [2.45, 2.75) is 64.8 Å². The van der Waals surface area contributed by atoms with Gasteiger partial charge in [0.25, 0.3) is 0 Å². The van der Waals surface area contributed by atoms with Crippen LogP contribution >= 0.6 is 0 Å². The molecule has 1 atom stereocenters. The maximum absolute atomic E-state index is 3.77. The molecule has 2 rings (SSSR count). The van der Waals surface area contributed by atoms with Gasteiger partial charge in [-0.05, 0) is 63.6 Å². The van der Waals surface area contributed by atoms with Gasteiger partial charge in [-0.3, -0.25) is 0 Å². The fourth-order valence-electron chi connectivity index (χ4n) is 3.35. The minimum absolute atomic E-state index is 0.785. The van der Waals surface area contributed by atoms with Crippen LogP contribution in [0.5, 0.6) is 0 Å². The summed E-state index contributed by atoms with van der Waals surface area (Å²) in [5.74, 6) is 2.01. The predicted octanol–water partition coefficient (Wildman–Crippen LogP) is 3.28. The summed E-state index contributed by atoms with van der Waals surface area (Å²) in [6.07, 6.45) is 9.91. The van der Waals surface area contributed by atoms with Crippen LogP contribution in [0.3, 0.4) is 0 Å². The molecule has 18 heavy (non-hydrogen) atoms. The highest BCUT2D eigenvalue weighted by Gasteiger charge is 2.32. The molecule has 0 aromatic carbocycles. The zero-order chi connectivity index (χ0) is 12.8. The van der Waals surface area contributed by atoms with Crippen LogP contribution in [0.25, 0.3) is 0 Å². The van der Waals surface area contributed by atoms with E-state index in [0.717, 1.165) is 17.9 Å². The summed E-state index contributed by atoms with van der Waals surface area (Å²) in [5, 5.41) is 3.77. The van der Waals surface area contributed by atoms with Crippen LogP contribution in [0.4, 0.5) is 0 Å². The molecule has 2 fully saturated rings. The van der Waals surface area contributed by atoms with Crippen molar-refractivity contribution < 1.29 is 0 Å². The summed E-state index contributed by atoms with van der Waals surface area (Å²) in [6.45, 7) is 9.80. The molecule has 1 N–H and O–H groups in total. The number of piperidine rings is 1. The quantitative estimate of drug-likeness (QED) is 0.713. The van der Waals surface area contributed by atoms with Crippen LogP contribution in [-0.4, -0.2) is 37.1 Å². The average molecular weight is 252 g/mol. The van der Waals surface area contributed by atoms with Crippen molar-refractivity contribution in [3.05, 3.63) is 0 Å². The van der Waals surface area contributed by atoms with Gasteiger partial charge in [-0.15, -0.1) is 0 Å².